The number of aliphatic imine (C=N–C) groups is 1. The molecule has 0 aliphatic rings. The second-order valence-electron chi connectivity index (χ2n) is 5.22. The van der Waals surface area contributed by atoms with Crippen molar-refractivity contribution in [3.8, 4) is 11.3 Å². The number of hydrogen-bond acceptors (Lipinski definition) is 5. The van der Waals surface area contributed by atoms with Gasteiger partial charge in [0.05, 0.1) is 5.69 Å². The largest absolute Gasteiger partial charge is 0.384 e. The summed E-state index contributed by atoms with van der Waals surface area (Å²) in [6.07, 6.45) is 8.16. The molecular formula is C17H17N7O. The summed E-state index contributed by atoms with van der Waals surface area (Å²) in [6, 6.07) is 6.89. The number of rotatable bonds is 4. The maximum absolute atomic E-state index is 12.1. The van der Waals surface area contributed by atoms with Gasteiger partial charge in [-0.25, -0.2) is 9.97 Å². The third kappa shape index (κ3) is 3.38. The van der Waals surface area contributed by atoms with Gasteiger partial charge >= 0.3 is 0 Å². The van der Waals surface area contributed by atoms with Crippen molar-refractivity contribution in [3.63, 3.8) is 0 Å². The van der Waals surface area contributed by atoms with Gasteiger partial charge in [0.15, 0.2) is 0 Å². The van der Waals surface area contributed by atoms with E-state index in [1.54, 1.807) is 53.5 Å². The summed E-state index contributed by atoms with van der Waals surface area (Å²) in [7, 11) is 0. The van der Waals surface area contributed by atoms with E-state index < -0.39 is 5.91 Å². The van der Waals surface area contributed by atoms with Crippen molar-refractivity contribution in [3.05, 3.63) is 60.7 Å². The van der Waals surface area contributed by atoms with Gasteiger partial charge in [0.2, 0.25) is 0 Å². The second kappa shape index (κ2) is 6.93. The summed E-state index contributed by atoms with van der Waals surface area (Å²) in [5.41, 5.74) is 19.6. The first-order valence-corrected chi connectivity index (χ1v) is 7.53. The van der Waals surface area contributed by atoms with Gasteiger partial charge in [-0.3, -0.25) is 4.79 Å². The van der Waals surface area contributed by atoms with Crippen LogP contribution in [0, 0.1) is 0 Å². The molecule has 3 rings (SSSR count). The highest BCUT2D eigenvalue weighted by Crippen LogP contribution is 2.26. The second-order valence-corrected chi connectivity index (χ2v) is 5.22. The van der Waals surface area contributed by atoms with Gasteiger partial charge in [0, 0.05) is 30.1 Å². The van der Waals surface area contributed by atoms with Gasteiger partial charge in [-0.2, -0.15) is 4.99 Å². The number of imidazole rings is 1. The Morgan fingerprint density at radius 3 is 2.72 bits per heavy atom. The molecule has 0 aliphatic carbocycles. The maximum atomic E-state index is 12.1. The minimum absolute atomic E-state index is 0.110. The molecule has 2 heterocycles. The Hall–Kier alpha value is -3.52. The number of amidine groups is 1. The first kappa shape index (κ1) is 16.3. The van der Waals surface area contributed by atoms with E-state index in [2.05, 4.69) is 15.0 Å². The number of carbonyl (C=O) groups is 1. The Kier molecular flexibility index (Phi) is 4.53. The zero-order chi connectivity index (χ0) is 17.8. The van der Waals surface area contributed by atoms with Crippen LogP contribution in [0.1, 0.15) is 10.4 Å². The third-order valence-electron chi connectivity index (χ3n) is 3.54. The van der Waals surface area contributed by atoms with Gasteiger partial charge < -0.3 is 21.6 Å². The smallest absolute Gasteiger partial charge is 0.278 e. The molecule has 1 amide bonds. The summed E-state index contributed by atoms with van der Waals surface area (Å²) >= 11 is 0. The number of amides is 1. The van der Waals surface area contributed by atoms with Crippen LogP contribution in [0.25, 0.3) is 16.8 Å². The molecular weight excluding hydrogens is 318 g/mol. The van der Waals surface area contributed by atoms with Crippen molar-refractivity contribution in [2.75, 3.05) is 12.3 Å². The first-order chi connectivity index (χ1) is 12.1. The number of nitrogen functional groups attached to an aromatic ring is 1. The molecule has 126 valence electrons. The van der Waals surface area contributed by atoms with Crippen molar-refractivity contribution in [2.45, 2.75) is 0 Å². The quantitative estimate of drug-likeness (QED) is 0.480. The molecule has 1 aromatic carbocycles. The van der Waals surface area contributed by atoms with Crippen molar-refractivity contribution in [1.29, 1.82) is 0 Å². The fourth-order valence-electron chi connectivity index (χ4n) is 2.36. The number of anilines is 1. The highest BCUT2D eigenvalue weighted by molar-refractivity contribution is 6.06. The highest BCUT2D eigenvalue weighted by atomic mass is 16.1. The lowest BCUT2D eigenvalue weighted by Crippen LogP contribution is -2.12. The molecule has 8 heteroatoms. The zero-order valence-electron chi connectivity index (χ0n) is 13.3. The summed E-state index contributed by atoms with van der Waals surface area (Å²) < 4.78 is 1.80. The standard InChI is InChI=1S/C17H17N7O/c18-7-1-2-13(19)23-17(25)12-5-3-11(4-6-12)14-15-16(20)21-8-9-24(15)10-22-14/h1-6,8-10H,7,18H2,(H2,20,21)(H2,19,23,25)/b2-1-. The monoisotopic (exact) mass is 335 g/mol. The summed E-state index contributed by atoms with van der Waals surface area (Å²) in [5, 5.41) is 0. The molecule has 2 aromatic heterocycles. The minimum atomic E-state index is -0.429. The van der Waals surface area contributed by atoms with Crippen molar-refractivity contribution in [2.24, 2.45) is 16.5 Å². The topological polar surface area (TPSA) is 138 Å². The van der Waals surface area contributed by atoms with E-state index in [-0.39, 0.29) is 5.84 Å². The molecule has 0 atom stereocenters. The Labute approximate surface area is 143 Å². The predicted octanol–water partition coefficient (Wildman–Crippen LogP) is 0.991. The van der Waals surface area contributed by atoms with Gasteiger partial charge in [0.25, 0.3) is 5.91 Å². The lowest BCUT2D eigenvalue weighted by atomic mass is 10.1. The molecule has 0 fully saturated rings. The van der Waals surface area contributed by atoms with E-state index in [1.165, 1.54) is 6.08 Å². The number of fused-ring (bicyclic) bond motifs is 1. The number of nitrogens with zero attached hydrogens (tertiary/aromatic N) is 4. The van der Waals surface area contributed by atoms with Crippen LogP contribution in [0.4, 0.5) is 5.82 Å². The molecule has 0 aliphatic heterocycles. The Morgan fingerprint density at radius 2 is 2.00 bits per heavy atom. The molecule has 6 N–H and O–H groups in total. The lowest BCUT2D eigenvalue weighted by Gasteiger charge is -2.03. The maximum Gasteiger partial charge on any atom is 0.278 e. The van der Waals surface area contributed by atoms with Crippen LogP contribution in [-0.4, -0.2) is 32.7 Å². The van der Waals surface area contributed by atoms with Gasteiger partial charge in [-0.1, -0.05) is 18.2 Å². The molecule has 8 nitrogen and oxygen atoms in total. The van der Waals surface area contributed by atoms with E-state index >= 15 is 0 Å². The number of nitrogens with two attached hydrogens (primary N) is 3. The van der Waals surface area contributed by atoms with Gasteiger partial charge in [-0.15, -0.1) is 0 Å². The van der Waals surface area contributed by atoms with Crippen LogP contribution in [0.5, 0.6) is 0 Å². The molecule has 0 spiro atoms. The van der Waals surface area contributed by atoms with E-state index in [4.69, 9.17) is 17.2 Å². The van der Waals surface area contributed by atoms with Crippen LogP contribution in [0.15, 0.2) is 60.1 Å². The normalized spacial score (nSPS) is 12.1. The number of hydrogen-bond donors (Lipinski definition) is 3. The van der Waals surface area contributed by atoms with E-state index in [9.17, 15) is 4.79 Å². The average molecular weight is 335 g/mol. The van der Waals surface area contributed by atoms with E-state index in [0.29, 0.717) is 23.6 Å². The molecule has 0 unspecified atom stereocenters. The van der Waals surface area contributed by atoms with Gasteiger partial charge in [0.1, 0.15) is 23.5 Å². The molecule has 25 heavy (non-hydrogen) atoms. The van der Waals surface area contributed by atoms with Gasteiger partial charge in [-0.05, 0) is 18.2 Å². The van der Waals surface area contributed by atoms with Crippen LogP contribution in [0.3, 0.4) is 0 Å². The summed E-state index contributed by atoms with van der Waals surface area (Å²) in [6.45, 7) is 0.329. The number of aromatic nitrogens is 3. The lowest BCUT2D eigenvalue weighted by molar-refractivity contribution is 0.100. The first-order valence-electron chi connectivity index (χ1n) is 7.53. The zero-order valence-corrected chi connectivity index (χ0v) is 13.3. The third-order valence-corrected chi connectivity index (χ3v) is 3.54. The number of benzene rings is 1. The van der Waals surface area contributed by atoms with Crippen LogP contribution in [0.2, 0.25) is 0 Å². The minimum Gasteiger partial charge on any atom is -0.384 e. The van der Waals surface area contributed by atoms with E-state index in [1.807, 2.05) is 0 Å². The van der Waals surface area contributed by atoms with Crippen molar-refractivity contribution < 1.29 is 4.79 Å². The van der Waals surface area contributed by atoms with Crippen LogP contribution in [-0.2, 0) is 0 Å². The molecule has 0 saturated heterocycles. The summed E-state index contributed by atoms with van der Waals surface area (Å²) in [5.74, 6) is 0.0688. The SMILES string of the molecule is NC/C=C\C(N)=NC(=O)c1ccc(-c2ncn3ccnc(N)c23)cc1. The molecule has 0 radical (unpaired) electrons. The fraction of sp³-hybridized carbons (Fsp3) is 0.0588. The Balaban J connectivity index is 1.90. The van der Waals surface area contributed by atoms with Crippen LogP contribution < -0.4 is 17.2 Å². The highest BCUT2D eigenvalue weighted by Gasteiger charge is 2.12. The van der Waals surface area contributed by atoms with E-state index in [0.717, 1.165) is 11.1 Å². The van der Waals surface area contributed by atoms with Crippen LogP contribution >= 0.6 is 0 Å². The molecule has 0 bridgehead atoms. The average Bonchev–Trinajstić information content (AvgIpc) is 3.05. The fourth-order valence-corrected chi connectivity index (χ4v) is 2.36. The Bertz CT molecular complexity index is 970. The van der Waals surface area contributed by atoms with Crippen molar-refractivity contribution >= 4 is 23.1 Å². The molecule has 0 saturated carbocycles. The predicted molar refractivity (Wildman–Crippen MR) is 97.0 cm³/mol. The molecule has 3 aromatic rings. The summed E-state index contributed by atoms with van der Waals surface area (Å²) in [4.78, 5) is 24.4. The Morgan fingerprint density at radius 1 is 1.24 bits per heavy atom. The van der Waals surface area contributed by atoms with Crippen molar-refractivity contribution in [1.82, 2.24) is 14.4 Å². The number of carbonyl (C=O) groups excluding carboxylic acids is 1.